The fourth-order valence-electron chi connectivity index (χ4n) is 6.43. The van der Waals surface area contributed by atoms with Crippen LogP contribution < -0.4 is 15.1 Å². The summed E-state index contributed by atoms with van der Waals surface area (Å²) in [5, 5.41) is 9.75. The van der Waals surface area contributed by atoms with Crippen molar-refractivity contribution in [3.05, 3.63) is 64.8 Å². The Morgan fingerprint density at radius 2 is 1.51 bits per heavy atom. The topological polar surface area (TPSA) is 204 Å². The van der Waals surface area contributed by atoms with Crippen LogP contribution in [0.25, 0.3) is 27.7 Å². The monoisotopic (exact) mass is 748 g/mol. The van der Waals surface area contributed by atoms with Crippen molar-refractivity contribution >= 4 is 54.3 Å². The van der Waals surface area contributed by atoms with Gasteiger partial charge in [-0.1, -0.05) is 6.08 Å². The Kier molecular flexibility index (Phi) is 12.8. The number of rotatable bonds is 18. The number of carbonyl (C=O) groups excluding carboxylic acids is 1. The average Bonchev–Trinajstić information content (AvgIpc) is 3.02. The van der Waals surface area contributed by atoms with E-state index in [4.69, 9.17) is 18.6 Å². The zero-order valence-electron chi connectivity index (χ0n) is 29.1. The first-order chi connectivity index (χ1) is 23.8. The third kappa shape index (κ3) is 11.4. The molecule has 0 saturated heterocycles. The van der Waals surface area contributed by atoms with Crippen LogP contribution in [-0.4, -0.2) is 84.5 Å². The van der Waals surface area contributed by atoms with Gasteiger partial charge in [-0.25, -0.2) is 9.36 Å². The van der Waals surface area contributed by atoms with E-state index < -0.39 is 43.1 Å². The molecule has 3 N–H and O–H groups in total. The van der Waals surface area contributed by atoms with E-state index >= 15 is 0 Å². The van der Waals surface area contributed by atoms with E-state index in [2.05, 4.69) is 24.8 Å². The number of fused-ring (bicyclic) bond motifs is 2. The number of aliphatic carboxylic acids is 1. The van der Waals surface area contributed by atoms with E-state index in [0.717, 1.165) is 22.2 Å². The number of allylic oxidation sites excluding steroid dienone is 1. The van der Waals surface area contributed by atoms with Crippen LogP contribution in [0.4, 0.5) is 5.69 Å². The lowest BCUT2D eigenvalue weighted by molar-refractivity contribution is -0.697. The number of amides is 1. The second-order valence-corrected chi connectivity index (χ2v) is 16.6. The maximum Gasteiger partial charge on any atom is 0.344 e. The summed E-state index contributed by atoms with van der Waals surface area (Å²) in [6, 6.07) is 9.20. The predicted molar refractivity (Wildman–Crippen MR) is 193 cm³/mol. The van der Waals surface area contributed by atoms with Crippen molar-refractivity contribution in [2.45, 2.75) is 77.8 Å². The van der Waals surface area contributed by atoms with Gasteiger partial charge in [-0.2, -0.15) is 16.8 Å². The van der Waals surface area contributed by atoms with Gasteiger partial charge in [0.1, 0.15) is 12.1 Å². The molecule has 0 spiro atoms. The van der Waals surface area contributed by atoms with E-state index in [1.54, 1.807) is 30.6 Å². The largest absolute Gasteiger partial charge is 0.481 e. The highest BCUT2D eigenvalue weighted by molar-refractivity contribution is 7.86. The van der Waals surface area contributed by atoms with Crippen LogP contribution in [0.1, 0.15) is 71.3 Å². The molecule has 2 aromatic heterocycles. The smallest absolute Gasteiger partial charge is 0.344 e. The molecule has 0 unspecified atom stereocenters. The second-order valence-electron chi connectivity index (χ2n) is 13.4. The molecule has 0 aliphatic carbocycles. The Morgan fingerprint density at radius 3 is 2.16 bits per heavy atom. The van der Waals surface area contributed by atoms with Crippen molar-refractivity contribution in [3.63, 3.8) is 0 Å². The Labute approximate surface area is 297 Å². The molecule has 1 aliphatic heterocycles. The molecule has 0 bridgehead atoms. The highest BCUT2D eigenvalue weighted by atomic mass is 32.2. The van der Waals surface area contributed by atoms with Crippen LogP contribution in [0.15, 0.2) is 58.0 Å². The van der Waals surface area contributed by atoms with Gasteiger partial charge in [-0.3, -0.25) is 18.7 Å². The first-order valence-corrected chi connectivity index (χ1v) is 20.0. The number of carboxylic acids is 1. The SMILES string of the molecule is CC1=CC(C)(C)N(CCCC(=O)N(CCCC(=O)O)CCCS(=O)(=O)O)c2cc3oc(=O)c(-c4cc[n+](CCCCS(=O)(=O)O)cc4)cc3cc21. The standard InChI is InChI=1S/C35H45N3O11S2/c1-25-24-35(2,3)38(16-6-9-32(39)37(14-7-10-33(40)41)15-8-20-51(46,47)48)30-23-31-27(21-28(25)30)22-29(34(42)49-31)26-11-17-36(18-12-26)13-4-5-19-50(43,44)45/h11-12,17-18,21-24H,4-10,13-16,19-20H2,1-3H3,(H2-,40,41,43,44,45,46,47,48)/p+1. The Bertz CT molecular complexity index is 2060. The molecule has 0 atom stereocenters. The second kappa shape index (κ2) is 16.5. The van der Waals surface area contributed by atoms with Gasteiger partial charge < -0.3 is 19.3 Å². The number of hydrogen-bond donors (Lipinski definition) is 3. The number of aryl methyl sites for hydroxylation is 1. The van der Waals surface area contributed by atoms with Gasteiger partial charge in [0.2, 0.25) is 5.91 Å². The quantitative estimate of drug-likeness (QED) is 0.0726. The summed E-state index contributed by atoms with van der Waals surface area (Å²) in [7, 11) is -8.19. The Hall–Kier alpha value is -4.12. The summed E-state index contributed by atoms with van der Waals surface area (Å²) in [4.78, 5) is 41.0. The average molecular weight is 749 g/mol. The minimum atomic E-state index is -4.19. The van der Waals surface area contributed by atoms with Crippen LogP contribution in [-0.2, 0) is 36.4 Å². The van der Waals surface area contributed by atoms with Crippen molar-refractivity contribution < 1.29 is 49.6 Å². The number of pyridine rings is 1. The lowest BCUT2D eigenvalue weighted by atomic mass is 9.87. The zero-order valence-corrected chi connectivity index (χ0v) is 30.7. The van der Waals surface area contributed by atoms with E-state index in [-0.39, 0.29) is 50.4 Å². The van der Waals surface area contributed by atoms with E-state index in [1.165, 1.54) is 4.90 Å². The number of benzene rings is 1. The molecule has 1 amide bonds. The van der Waals surface area contributed by atoms with Crippen molar-refractivity contribution in [1.29, 1.82) is 0 Å². The first kappa shape index (κ1) is 39.7. The molecule has 14 nitrogen and oxygen atoms in total. The van der Waals surface area contributed by atoms with E-state index in [9.17, 15) is 31.2 Å². The van der Waals surface area contributed by atoms with Gasteiger partial charge >= 0.3 is 11.6 Å². The number of anilines is 1. The normalized spacial score (nSPS) is 14.3. The maximum atomic E-state index is 13.2. The minimum absolute atomic E-state index is 0.0283. The predicted octanol–water partition coefficient (Wildman–Crippen LogP) is 4.17. The summed E-state index contributed by atoms with van der Waals surface area (Å²) in [6.45, 7) is 7.37. The molecule has 0 radical (unpaired) electrons. The summed E-state index contributed by atoms with van der Waals surface area (Å²) < 4.78 is 70.0. The molecule has 1 aliphatic rings. The molecule has 51 heavy (non-hydrogen) atoms. The van der Waals surface area contributed by atoms with Gasteiger partial charge in [-0.15, -0.1) is 0 Å². The van der Waals surface area contributed by atoms with Crippen molar-refractivity contribution in [2.24, 2.45) is 0 Å². The maximum absolute atomic E-state index is 13.2. The molecule has 4 rings (SSSR count). The van der Waals surface area contributed by atoms with Crippen LogP contribution in [0.5, 0.6) is 0 Å². The molecule has 3 heterocycles. The van der Waals surface area contributed by atoms with Gasteiger partial charge in [0.15, 0.2) is 12.4 Å². The number of hydrogen-bond acceptors (Lipinski definition) is 9. The van der Waals surface area contributed by atoms with Gasteiger partial charge in [0, 0.05) is 79.3 Å². The summed E-state index contributed by atoms with van der Waals surface area (Å²) >= 11 is 0. The van der Waals surface area contributed by atoms with Crippen LogP contribution in [0.3, 0.4) is 0 Å². The fourth-order valence-corrected chi connectivity index (χ4v) is 7.50. The van der Waals surface area contributed by atoms with Crippen molar-refractivity contribution in [3.8, 4) is 11.1 Å². The number of unbranched alkanes of at least 4 members (excludes halogenated alkanes) is 1. The molecule has 278 valence electrons. The lowest BCUT2D eigenvalue weighted by Crippen LogP contribution is -2.46. The number of nitrogens with zero attached hydrogens (tertiary/aromatic N) is 3. The Morgan fingerprint density at radius 1 is 0.882 bits per heavy atom. The van der Waals surface area contributed by atoms with Crippen LogP contribution in [0.2, 0.25) is 0 Å². The molecule has 3 aromatic rings. The highest BCUT2D eigenvalue weighted by Crippen LogP contribution is 2.41. The van der Waals surface area contributed by atoms with Gasteiger partial charge in [0.25, 0.3) is 20.2 Å². The molecular weight excluding hydrogens is 703 g/mol. The molecule has 16 heteroatoms. The van der Waals surface area contributed by atoms with Crippen molar-refractivity contribution in [2.75, 3.05) is 36.0 Å². The zero-order chi connectivity index (χ0) is 37.6. The lowest BCUT2D eigenvalue weighted by Gasteiger charge is -2.43. The number of aromatic nitrogens is 1. The number of carbonyl (C=O) groups is 2. The highest BCUT2D eigenvalue weighted by Gasteiger charge is 2.32. The fraction of sp³-hybridized carbons (Fsp3) is 0.486. The van der Waals surface area contributed by atoms with E-state index in [1.807, 2.05) is 23.6 Å². The third-order valence-electron chi connectivity index (χ3n) is 8.88. The van der Waals surface area contributed by atoms with Crippen LogP contribution >= 0.6 is 0 Å². The summed E-state index contributed by atoms with van der Waals surface area (Å²) in [5.41, 5.74) is 3.32. The van der Waals surface area contributed by atoms with Crippen LogP contribution in [0, 0.1) is 0 Å². The van der Waals surface area contributed by atoms with Gasteiger partial charge in [-0.05, 0) is 64.2 Å². The van der Waals surface area contributed by atoms with E-state index in [0.29, 0.717) is 49.1 Å². The van der Waals surface area contributed by atoms with Crippen molar-refractivity contribution in [1.82, 2.24) is 4.90 Å². The summed E-state index contributed by atoms with van der Waals surface area (Å²) in [6.07, 6.45) is 7.30. The molecule has 0 fully saturated rings. The number of carboxylic acid groups (broad SMARTS) is 1. The minimum Gasteiger partial charge on any atom is -0.481 e. The van der Waals surface area contributed by atoms with Gasteiger partial charge in [0.05, 0.1) is 22.6 Å². The Balaban J connectivity index is 1.50. The summed E-state index contributed by atoms with van der Waals surface area (Å²) in [5.74, 6) is -2.02. The molecular formula is C35H46N3O11S2+. The third-order valence-corrected chi connectivity index (χ3v) is 10.5. The molecule has 0 saturated carbocycles. The first-order valence-electron chi connectivity index (χ1n) is 16.8. The molecule has 1 aromatic carbocycles.